The number of aromatic amines is 1. The third kappa shape index (κ3) is 6.21. The van der Waals surface area contributed by atoms with Crippen molar-refractivity contribution in [2.45, 2.75) is 19.8 Å². The van der Waals surface area contributed by atoms with Gasteiger partial charge < -0.3 is 0 Å². The van der Waals surface area contributed by atoms with Gasteiger partial charge in [-0.15, -0.1) is 15.3 Å². The molecule has 4 rings (SSSR count). The van der Waals surface area contributed by atoms with Crippen molar-refractivity contribution >= 4 is 0 Å². The average Bonchev–Trinajstić information content (AvgIpc) is 3.27. The van der Waals surface area contributed by atoms with Gasteiger partial charge in [-0.2, -0.15) is 4.57 Å². The summed E-state index contributed by atoms with van der Waals surface area (Å²) in [5.41, 5.74) is 6.03. The Balaban J connectivity index is 0.000000491. The lowest BCUT2D eigenvalue weighted by Crippen LogP contribution is -2.68. The standard InChI is InChI=1S/C23H22N3.ClHO4/c1-17(2)21-15-20(18-9-5-3-6-10-18)16-22(19-11-7-4-8-12-19)26(21)23-13-14-24-25-23;2-1(3,4)5/h3-17H,1-2H3,(H,24,25);(H,2,3,4,5)/q+1;/p-1. The van der Waals surface area contributed by atoms with Gasteiger partial charge in [0.05, 0.1) is 12.3 Å². The second-order valence-electron chi connectivity index (χ2n) is 7.10. The van der Waals surface area contributed by atoms with Crippen LogP contribution < -0.4 is 23.2 Å². The summed E-state index contributed by atoms with van der Waals surface area (Å²) in [6.07, 6.45) is 1.80. The second-order valence-corrected chi connectivity index (χ2v) is 7.85. The van der Waals surface area contributed by atoms with Crippen molar-refractivity contribution in [3.05, 3.63) is 90.8 Å². The number of pyridine rings is 1. The van der Waals surface area contributed by atoms with Gasteiger partial charge in [0.15, 0.2) is 0 Å². The molecule has 160 valence electrons. The largest absolute Gasteiger partial charge is 0.306 e. The van der Waals surface area contributed by atoms with Crippen molar-refractivity contribution in [2.75, 3.05) is 0 Å². The van der Waals surface area contributed by atoms with Crippen LogP contribution in [-0.4, -0.2) is 10.2 Å². The van der Waals surface area contributed by atoms with Crippen molar-refractivity contribution < 1.29 is 33.4 Å². The molecule has 2 aromatic carbocycles. The van der Waals surface area contributed by atoms with Crippen molar-refractivity contribution in [1.29, 1.82) is 0 Å². The Kier molecular flexibility index (Phi) is 7.17. The first-order valence-corrected chi connectivity index (χ1v) is 10.8. The van der Waals surface area contributed by atoms with E-state index in [1.807, 2.05) is 6.07 Å². The number of aromatic nitrogens is 3. The predicted octanol–water partition coefficient (Wildman–Crippen LogP) is 0.388. The van der Waals surface area contributed by atoms with Gasteiger partial charge in [0.25, 0.3) is 0 Å². The molecule has 7 nitrogen and oxygen atoms in total. The summed E-state index contributed by atoms with van der Waals surface area (Å²) in [7, 11) is -4.94. The highest BCUT2D eigenvalue weighted by atomic mass is 35.7. The van der Waals surface area contributed by atoms with Crippen molar-refractivity contribution in [3.63, 3.8) is 0 Å². The quantitative estimate of drug-likeness (QED) is 0.460. The summed E-state index contributed by atoms with van der Waals surface area (Å²) in [6.45, 7) is 4.46. The van der Waals surface area contributed by atoms with E-state index in [2.05, 4.69) is 101 Å². The van der Waals surface area contributed by atoms with E-state index in [0.29, 0.717) is 5.92 Å². The van der Waals surface area contributed by atoms with Crippen LogP contribution in [0.5, 0.6) is 0 Å². The molecule has 0 aliphatic heterocycles. The summed E-state index contributed by atoms with van der Waals surface area (Å²) in [5, 5.41) is 7.30. The maximum absolute atomic E-state index is 8.49. The zero-order valence-electron chi connectivity index (χ0n) is 17.1. The Morgan fingerprint density at radius 3 is 1.81 bits per heavy atom. The second kappa shape index (κ2) is 9.82. The van der Waals surface area contributed by atoms with Crippen LogP contribution in [0.4, 0.5) is 0 Å². The molecule has 0 saturated carbocycles. The van der Waals surface area contributed by atoms with Gasteiger partial charge in [-0.1, -0.05) is 79.6 Å². The Morgan fingerprint density at radius 2 is 1.32 bits per heavy atom. The number of H-pyrrole nitrogens is 1. The van der Waals surface area contributed by atoms with Gasteiger partial charge in [0, 0.05) is 11.5 Å². The fourth-order valence-corrected chi connectivity index (χ4v) is 3.30. The minimum absolute atomic E-state index is 0.365. The molecule has 31 heavy (non-hydrogen) atoms. The van der Waals surface area contributed by atoms with Gasteiger partial charge >= 0.3 is 5.82 Å². The van der Waals surface area contributed by atoms with Crippen LogP contribution in [0.1, 0.15) is 25.5 Å². The summed E-state index contributed by atoms with van der Waals surface area (Å²) in [4.78, 5) is 0. The van der Waals surface area contributed by atoms with E-state index in [4.69, 9.17) is 18.6 Å². The molecule has 0 amide bonds. The highest BCUT2D eigenvalue weighted by molar-refractivity contribution is 5.69. The van der Waals surface area contributed by atoms with Gasteiger partial charge in [0.1, 0.15) is 11.4 Å². The molecule has 8 heteroatoms. The molecule has 2 heterocycles. The molecule has 0 fully saturated rings. The Morgan fingerprint density at radius 1 is 0.774 bits per heavy atom. The molecular weight excluding hydrogens is 418 g/mol. The van der Waals surface area contributed by atoms with Crippen LogP contribution in [0.25, 0.3) is 28.2 Å². The maximum Gasteiger partial charge on any atom is 0.306 e. The third-order valence-electron chi connectivity index (χ3n) is 4.59. The minimum atomic E-state index is -4.94. The van der Waals surface area contributed by atoms with Crippen LogP contribution in [-0.2, 0) is 0 Å². The van der Waals surface area contributed by atoms with E-state index in [0.717, 1.165) is 11.5 Å². The summed E-state index contributed by atoms with van der Waals surface area (Å²) in [5.74, 6) is 1.34. The zero-order valence-corrected chi connectivity index (χ0v) is 17.8. The monoisotopic (exact) mass is 439 g/mol. The van der Waals surface area contributed by atoms with E-state index in [9.17, 15) is 0 Å². The molecular formula is C23H22ClN3O4. The lowest BCUT2D eigenvalue weighted by molar-refractivity contribution is -2.00. The van der Waals surface area contributed by atoms with Gasteiger partial charge in [0.2, 0.25) is 0 Å². The van der Waals surface area contributed by atoms with Crippen LogP contribution in [0, 0.1) is 10.2 Å². The number of nitrogens with zero attached hydrogens (tertiary/aromatic N) is 2. The Labute approximate surface area is 182 Å². The van der Waals surface area contributed by atoms with Crippen molar-refractivity contribution in [1.82, 2.24) is 10.2 Å². The van der Waals surface area contributed by atoms with Crippen LogP contribution in [0.2, 0.25) is 0 Å². The van der Waals surface area contributed by atoms with E-state index >= 15 is 0 Å². The number of benzene rings is 2. The normalized spacial score (nSPS) is 11.2. The molecule has 0 unspecified atom stereocenters. The minimum Gasteiger partial charge on any atom is -0.222 e. The molecule has 0 radical (unpaired) electrons. The van der Waals surface area contributed by atoms with E-state index in [-0.39, 0.29) is 0 Å². The summed E-state index contributed by atoms with van der Waals surface area (Å²) >= 11 is 0. The fraction of sp³-hybridized carbons (Fsp3) is 0.130. The molecule has 0 atom stereocenters. The first-order chi connectivity index (χ1) is 14.7. The van der Waals surface area contributed by atoms with E-state index in [1.165, 1.54) is 22.4 Å². The predicted molar refractivity (Wildman–Crippen MR) is 105 cm³/mol. The highest BCUT2D eigenvalue weighted by Gasteiger charge is 2.22. The number of hydrogen-bond acceptors (Lipinski definition) is 5. The SMILES string of the molecule is CC(C)c1cc(-c2ccccc2)cc(-c2ccccc2)[n+]1-c1ccn[nH]1.[O-][Cl+3]([O-])([O-])[O-]. The fourth-order valence-electron chi connectivity index (χ4n) is 3.30. The zero-order chi connectivity index (χ0) is 22.4. The molecule has 0 aliphatic carbocycles. The van der Waals surface area contributed by atoms with Crippen LogP contribution in [0.15, 0.2) is 85.1 Å². The topological polar surface area (TPSA) is 125 Å². The number of halogens is 1. The summed E-state index contributed by atoms with van der Waals surface area (Å²) in [6, 6.07) is 27.6. The number of hydrogen-bond donors (Lipinski definition) is 1. The molecule has 0 spiro atoms. The lowest BCUT2D eigenvalue weighted by atomic mass is 9.98. The van der Waals surface area contributed by atoms with Gasteiger partial charge in [-0.05, 0) is 23.3 Å². The molecule has 2 aromatic heterocycles. The smallest absolute Gasteiger partial charge is 0.222 e. The first kappa shape index (κ1) is 22.6. The summed E-state index contributed by atoms with van der Waals surface area (Å²) < 4.78 is 36.2. The Bertz CT molecular complexity index is 1090. The maximum atomic E-state index is 8.49. The van der Waals surface area contributed by atoms with Gasteiger partial charge in [-0.25, -0.2) is 18.6 Å². The average molecular weight is 440 g/mol. The van der Waals surface area contributed by atoms with Crippen molar-refractivity contribution in [3.8, 4) is 28.2 Å². The highest BCUT2D eigenvalue weighted by Crippen LogP contribution is 2.28. The molecule has 1 N–H and O–H groups in total. The van der Waals surface area contributed by atoms with E-state index in [1.54, 1.807) is 6.20 Å². The first-order valence-electron chi connectivity index (χ1n) is 9.56. The van der Waals surface area contributed by atoms with Gasteiger partial charge in [-0.3, -0.25) is 0 Å². The van der Waals surface area contributed by atoms with Crippen LogP contribution in [0.3, 0.4) is 0 Å². The molecule has 0 aliphatic rings. The van der Waals surface area contributed by atoms with Crippen LogP contribution >= 0.6 is 0 Å². The van der Waals surface area contributed by atoms with Crippen molar-refractivity contribution in [2.24, 2.45) is 0 Å². The lowest BCUT2D eigenvalue weighted by Gasteiger charge is -2.17. The Hall–Kier alpha value is -3.07. The van der Waals surface area contributed by atoms with E-state index < -0.39 is 10.2 Å². The molecule has 0 bridgehead atoms. The molecule has 4 aromatic rings. The number of rotatable bonds is 4. The molecule has 0 saturated heterocycles. The third-order valence-corrected chi connectivity index (χ3v) is 4.59. The number of nitrogens with one attached hydrogen (secondary N) is 1.